The maximum Gasteiger partial charge on any atom is 0.244 e. The number of ether oxygens (including phenoxy) is 1. The van der Waals surface area contributed by atoms with Crippen LogP contribution in [0.3, 0.4) is 0 Å². The van der Waals surface area contributed by atoms with Gasteiger partial charge in [0.25, 0.3) is 0 Å². The van der Waals surface area contributed by atoms with Crippen molar-refractivity contribution in [3.05, 3.63) is 53.9 Å². The van der Waals surface area contributed by atoms with E-state index in [1.54, 1.807) is 13.2 Å². The molecule has 1 N–H and O–H groups in total. The van der Waals surface area contributed by atoms with Gasteiger partial charge in [0.1, 0.15) is 5.75 Å². The minimum atomic E-state index is -0.142. The highest BCUT2D eigenvalue weighted by molar-refractivity contribution is 5.91. The fourth-order valence-electron chi connectivity index (χ4n) is 1.80. The number of rotatable bonds is 6. The lowest BCUT2D eigenvalue weighted by atomic mass is 10.2. The van der Waals surface area contributed by atoms with Crippen molar-refractivity contribution < 1.29 is 9.53 Å². The zero-order valence-corrected chi connectivity index (χ0v) is 12.2. The van der Waals surface area contributed by atoms with E-state index in [1.807, 2.05) is 48.1 Å². The maximum atomic E-state index is 11.7. The smallest absolute Gasteiger partial charge is 0.244 e. The Bertz CT molecular complexity index is 615. The average molecular weight is 285 g/mol. The summed E-state index contributed by atoms with van der Waals surface area (Å²) in [6.07, 6.45) is 5.17. The van der Waals surface area contributed by atoms with E-state index in [-0.39, 0.29) is 5.91 Å². The molecular formula is C16H19N3O2. The molecule has 110 valence electrons. The standard InChI is InChI=1S/C16H19N3O2/c1-3-19-11-10-14(18-19)12-17-16(20)9-6-13-4-7-15(21-2)8-5-13/h4-11H,3,12H2,1-2H3,(H,17,20)/b9-6+. The third-order valence-electron chi connectivity index (χ3n) is 3.01. The second-order valence-electron chi connectivity index (χ2n) is 4.49. The second kappa shape index (κ2) is 7.28. The summed E-state index contributed by atoms with van der Waals surface area (Å²) in [4.78, 5) is 11.7. The van der Waals surface area contributed by atoms with Gasteiger partial charge in [0.05, 0.1) is 19.3 Å². The summed E-state index contributed by atoms with van der Waals surface area (Å²) in [7, 11) is 1.62. The van der Waals surface area contributed by atoms with Gasteiger partial charge in [-0.25, -0.2) is 0 Å². The van der Waals surface area contributed by atoms with Gasteiger partial charge in [-0.1, -0.05) is 12.1 Å². The van der Waals surface area contributed by atoms with E-state index in [9.17, 15) is 4.79 Å². The minimum absolute atomic E-state index is 0.142. The lowest BCUT2D eigenvalue weighted by Crippen LogP contribution is -2.20. The fourth-order valence-corrected chi connectivity index (χ4v) is 1.80. The Morgan fingerprint density at radius 3 is 2.71 bits per heavy atom. The first-order valence-corrected chi connectivity index (χ1v) is 6.83. The van der Waals surface area contributed by atoms with Gasteiger partial charge in [-0.3, -0.25) is 9.48 Å². The van der Waals surface area contributed by atoms with Crippen molar-refractivity contribution in [1.82, 2.24) is 15.1 Å². The van der Waals surface area contributed by atoms with Crippen molar-refractivity contribution in [2.75, 3.05) is 7.11 Å². The van der Waals surface area contributed by atoms with Crippen LogP contribution >= 0.6 is 0 Å². The Morgan fingerprint density at radius 2 is 2.10 bits per heavy atom. The van der Waals surface area contributed by atoms with Crippen LogP contribution in [0.15, 0.2) is 42.6 Å². The summed E-state index contributed by atoms with van der Waals surface area (Å²) < 4.78 is 6.91. The molecule has 1 aromatic heterocycles. The molecule has 0 radical (unpaired) electrons. The molecule has 0 fully saturated rings. The highest BCUT2D eigenvalue weighted by Gasteiger charge is 2.00. The van der Waals surface area contributed by atoms with E-state index in [0.29, 0.717) is 6.54 Å². The predicted octanol–water partition coefficient (Wildman–Crippen LogP) is 2.24. The van der Waals surface area contributed by atoms with Crippen LogP contribution in [0.25, 0.3) is 6.08 Å². The minimum Gasteiger partial charge on any atom is -0.497 e. The molecule has 2 aromatic rings. The van der Waals surface area contributed by atoms with Gasteiger partial charge in [0, 0.05) is 18.8 Å². The van der Waals surface area contributed by atoms with Gasteiger partial charge in [-0.15, -0.1) is 0 Å². The first-order valence-electron chi connectivity index (χ1n) is 6.83. The van der Waals surface area contributed by atoms with Crippen LogP contribution in [0, 0.1) is 0 Å². The van der Waals surface area contributed by atoms with Crippen LogP contribution < -0.4 is 10.1 Å². The van der Waals surface area contributed by atoms with Gasteiger partial charge < -0.3 is 10.1 Å². The highest BCUT2D eigenvalue weighted by Crippen LogP contribution is 2.12. The van der Waals surface area contributed by atoms with Crippen molar-refractivity contribution in [3.8, 4) is 5.75 Å². The number of carbonyl (C=O) groups is 1. The second-order valence-corrected chi connectivity index (χ2v) is 4.49. The molecule has 0 spiro atoms. The molecule has 0 aliphatic carbocycles. The molecule has 0 bridgehead atoms. The number of carbonyl (C=O) groups excluding carboxylic acids is 1. The van der Waals surface area contributed by atoms with Crippen LogP contribution in [-0.2, 0) is 17.9 Å². The fraction of sp³-hybridized carbons (Fsp3) is 0.250. The van der Waals surface area contributed by atoms with E-state index in [4.69, 9.17) is 4.74 Å². The van der Waals surface area contributed by atoms with Crippen LogP contribution in [-0.4, -0.2) is 22.8 Å². The molecule has 0 aliphatic heterocycles. The number of hydrogen-bond acceptors (Lipinski definition) is 3. The summed E-state index contributed by atoms with van der Waals surface area (Å²) in [5.74, 6) is 0.653. The number of amides is 1. The average Bonchev–Trinajstić information content (AvgIpc) is 2.99. The molecule has 21 heavy (non-hydrogen) atoms. The molecule has 0 unspecified atom stereocenters. The zero-order chi connectivity index (χ0) is 15.1. The van der Waals surface area contributed by atoms with E-state index in [1.165, 1.54) is 6.08 Å². The largest absolute Gasteiger partial charge is 0.497 e. The zero-order valence-electron chi connectivity index (χ0n) is 12.2. The molecular weight excluding hydrogens is 266 g/mol. The Kier molecular flexibility index (Phi) is 5.15. The van der Waals surface area contributed by atoms with Crippen LogP contribution in [0.2, 0.25) is 0 Å². The monoisotopic (exact) mass is 285 g/mol. The van der Waals surface area contributed by atoms with Crippen LogP contribution in [0.5, 0.6) is 5.75 Å². The number of hydrogen-bond donors (Lipinski definition) is 1. The number of benzene rings is 1. The Labute approximate surface area is 124 Å². The molecule has 0 saturated heterocycles. The van der Waals surface area contributed by atoms with E-state index in [2.05, 4.69) is 10.4 Å². The molecule has 1 amide bonds. The van der Waals surface area contributed by atoms with E-state index in [0.717, 1.165) is 23.6 Å². The van der Waals surface area contributed by atoms with Crippen LogP contribution in [0.1, 0.15) is 18.2 Å². The Balaban J connectivity index is 1.84. The normalized spacial score (nSPS) is 10.8. The number of nitrogens with zero attached hydrogens (tertiary/aromatic N) is 2. The molecule has 5 nitrogen and oxygen atoms in total. The first-order chi connectivity index (χ1) is 10.2. The SMILES string of the molecule is CCn1ccc(CNC(=O)/C=C/c2ccc(OC)cc2)n1. The van der Waals surface area contributed by atoms with Gasteiger partial charge in [0.15, 0.2) is 0 Å². The lowest BCUT2D eigenvalue weighted by Gasteiger charge is -2.00. The highest BCUT2D eigenvalue weighted by atomic mass is 16.5. The van der Waals surface area contributed by atoms with Gasteiger partial charge in [0.2, 0.25) is 5.91 Å². The molecule has 5 heteroatoms. The van der Waals surface area contributed by atoms with Gasteiger partial charge >= 0.3 is 0 Å². The van der Waals surface area contributed by atoms with E-state index < -0.39 is 0 Å². The van der Waals surface area contributed by atoms with Crippen molar-refractivity contribution in [2.24, 2.45) is 0 Å². The third-order valence-corrected chi connectivity index (χ3v) is 3.01. The van der Waals surface area contributed by atoms with Crippen LogP contribution in [0.4, 0.5) is 0 Å². The summed E-state index contributed by atoms with van der Waals surface area (Å²) in [5.41, 5.74) is 1.80. The topological polar surface area (TPSA) is 56.2 Å². The Hall–Kier alpha value is -2.56. The van der Waals surface area contributed by atoms with Crippen molar-refractivity contribution in [3.63, 3.8) is 0 Å². The Morgan fingerprint density at radius 1 is 1.33 bits per heavy atom. The summed E-state index contributed by atoms with van der Waals surface area (Å²) in [6, 6.07) is 9.40. The van der Waals surface area contributed by atoms with Gasteiger partial charge in [-0.05, 0) is 36.8 Å². The number of aryl methyl sites for hydroxylation is 1. The molecule has 0 aliphatic rings. The number of aromatic nitrogens is 2. The van der Waals surface area contributed by atoms with Crippen molar-refractivity contribution in [2.45, 2.75) is 20.0 Å². The predicted molar refractivity (Wildman–Crippen MR) is 81.8 cm³/mol. The summed E-state index contributed by atoms with van der Waals surface area (Å²) in [5, 5.41) is 7.10. The first kappa shape index (κ1) is 14.8. The van der Waals surface area contributed by atoms with Gasteiger partial charge in [-0.2, -0.15) is 5.10 Å². The molecule has 1 heterocycles. The lowest BCUT2D eigenvalue weighted by molar-refractivity contribution is -0.116. The van der Waals surface area contributed by atoms with E-state index >= 15 is 0 Å². The molecule has 0 saturated carbocycles. The summed E-state index contributed by atoms with van der Waals surface area (Å²) >= 11 is 0. The number of methoxy groups -OCH3 is 1. The van der Waals surface area contributed by atoms with Crippen molar-refractivity contribution >= 4 is 12.0 Å². The quantitative estimate of drug-likeness (QED) is 0.828. The summed E-state index contributed by atoms with van der Waals surface area (Å²) in [6.45, 7) is 3.27. The molecule has 1 aromatic carbocycles. The molecule has 2 rings (SSSR count). The number of nitrogens with one attached hydrogen (secondary N) is 1. The maximum absolute atomic E-state index is 11.7. The molecule has 0 atom stereocenters. The third kappa shape index (κ3) is 4.49. The van der Waals surface area contributed by atoms with Crippen molar-refractivity contribution in [1.29, 1.82) is 0 Å².